The minimum atomic E-state index is -3.78. The van der Waals surface area contributed by atoms with Crippen molar-refractivity contribution in [3.05, 3.63) is 55.1 Å². The highest BCUT2D eigenvalue weighted by Gasteiger charge is 2.19. The van der Waals surface area contributed by atoms with Gasteiger partial charge < -0.3 is 14.8 Å². The van der Waals surface area contributed by atoms with Crippen LogP contribution >= 0.6 is 0 Å². The SMILES string of the molecule is C=CCCC(=O)Nc1ccc(NS(=O)(=O)c2ccc3c(c2)OCCO3)cc1. The molecule has 2 aromatic rings. The van der Waals surface area contributed by atoms with E-state index in [1.165, 1.54) is 12.1 Å². The number of fused-ring (bicyclic) bond motifs is 1. The van der Waals surface area contributed by atoms with Crippen LogP contribution in [0.3, 0.4) is 0 Å². The Morgan fingerprint density at radius 2 is 1.70 bits per heavy atom. The minimum absolute atomic E-state index is 0.0774. The Balaban J connectivity index is 1.69. The molecule has 0 saturated heterocycles. The molecule has 0 spiro atoms. The molecule has 0 radical (unpaired) electrons. The summed E-state index contributed by atoms with van der Waals surface area (Å²) in [6.07, 6.45) is 2.62. The standard InChI is InChI=1S/C19H20N2O5S/c1-2-3-4-19(22)20-14-5-7-15(8-6-14)21-27(23,24)16-9-10-17-18(13-16)26-12-11-25-17/h2,5-10,13,21H,1,3-4,11-12H2,(H,20,22). The van der Waals surface area contributed by atoms with Crippen LogP contribution in [0.5, 0.6) is 11.5 Å². The lowest BCUT2D eigenvalue weighted by molar-refractivity contribution is -0.116. The molecule has 1 heterocycles. The van der Waals surface area contributed by atoms with E-state index in [4.69, 9.17) is 9.47 Å². The van der Waals surface area contributed by atoms with E-state index in [0.29, 0.717) is 48.9 Å². The molecule has 7 nitrogen and oxygen atoms in total. The monoisotopic (exact) mass is 388 g/mol. The van der Waals surface area contributed by atoms with Crippen LogP contribution in [-0.4, -0.2) is 27.5 Å². The maximum Gasteiger partial charge on any atom is 0.262 e. The number of hydrogen-bond donors (Lipinski definition) is 2. The van der Waals surface area contributed by atoms with Gasteiger partial charge in [-0.3, -0.25) is 9.52 Å². The number of sulfonamides is 1. The fourth-order valence-corrected chi connectivity index (χ4v) is 3.56. The highest BCUT2D eigenvalue weighted by molar-refractivity contribution is 7.92. The summed E-state index contributed by atoms with van der Waals surface area (Å²) < 4.78 is 38.5. The lowest BCUT2D eigenvalue weighted by Gasteiger charge is -2.19. The smallest absolute Gasteiger partial charge is 0.262 e. The predicted molar refractivity (Wildman–Crippen MR) is 103 cm³/mol. The Kier molecular flexibility index (Phi) is 5.66. The van der Waals surface area contributed by atoms with Crippen molar-refractivity contribution in [3.63, 3.8) is 0 Å². The van der Waals surface area contributed by atoms with E-state index >= 15 is 0 Å². The number of rotatable bonds is 7. The highest BCUT2D eigenvalue weighted by Crippen LogP contribution is 2.32. The fourth-order valence-electron chi connectivity index (χ4n) is 2.48. The molecule has 142 valence electrons. The maximum atomic E-state index is 12.6. The van der Waals surface area contributed by atoms with Crippen molar-refractivity contribution in [2.45, 2.75) is 17.7 Å². The average Bonchev–Trinajstić information content (AvgIpc) is 2.67. The second-order valence-corrected chi connectivity index (χ2v) is 7.55. The number of carbonyl (C=O) groups is 1. The first-order valence-corrected chi connectivity index (χ1v) is 9.89. The van der Waals surface area contributed by atoms with Crippen molar-refractivity contribution in [1.82, 2.24) is 0 Å². The first kappa shape index (κ1) is 18.8. The third-order valence-electron chi connectivity index (χ3n) is 3.82. The van der Waals surface area contributed by atoms with Gasteiger partial charge >= 0.3 is 0 Å². The highest BCUT2D eigenvalue weighted by atomic mass is 32.2. The Morgan fingerprint density at radius 1 is 1.04 bits per heavy atom. The Hall–Kier alpha value is -3.00. The van der Waals surface area contributed by atoms with Crippen molar-refractivity contribution in [1.29, 1.82) is 0 Å². The van der Waals surface area contributed by atoms with Gasteiger partial charge in [-0.2, -0.15) is 0 Å². The Bertz CT molecular complexity index is 939. The van der Waals surface area contributed by atoms with Gasteiger partial charge in [0.1, 0.15) is 13.2 Å². The normalized spacial score (nSPS) is 12.9. The molecule has 1 aliphatic heterocycles. The summed E-state index contributed by atoms with van der Waals surface area (Å²) in [7, 11) is -3.78. The van der Waals surface area contributed by atoms with Crippen LogP contribution in [-0.2, 0) is 14.8 Å². The Labute approximate surface area is 158 Å². The average molecular weight is 388 g/mol. The zero-order chi connectivity index (χ0) is 19.3. The van der Waals surface area contributed by atoms with Crippen LogP contribution in [0, 0.1) is 0 Å². The molecule has 0 bridgehead atoms. The molecule has 8 heteroatoms. The molecule has 3 rings (SSSR count). The van der Waals surface area contributed by atoms with Gasteiger partial charge in [0, 0.05) is 23.9 Å². The van der Waals surface area contributed by atoms with Crippen molar-refractivity contribution >= 4 is 27.3 Å². The lowest BCUT2D eigenvalue weighted by Crippen LogP contribution is -2.17. The molecular formula is C19H20N2O5S. The van der Waals surface area contributed by atoms with E-state index in [1.54, 1.807) is 36.4 Å². The number of ether oxygens (including phenoxy) is 2. The van der Waals surface area contributed by atoms with Crippen molar-refractivity contribution in [2.24, 2.45) is 0 Å². The number of hydrogen-bond acceptors (Lipinski definition) is 5. The van der Waals surface area contributed by atoms with Crippen LogP contribution in [0.2, 0.25) is 0 Å². The van der Waals surface area contributed by atoms with Gasteiger partial charge in [0.25, 0.3) is 10.0 Å². The van der Waals surface area contributed by atoms with Crippen LogP contribution in [0.4, 0.5) is 11.4 Å². The van der Waals surface area contributed by atoms with Crippen LogP contribution in [0.1, 0.15) is 12.8 Å². The van der Waals surface area contributed by atoms with Crippen LogP contribution in [0.15, 0.2) is 60.0 Å². The summed E-state index contributed by atoms with van der Waals surface area (Å²) in [5.41, 5.74) is 0.973. The molecule has 0 aromatic heterocycles. The van der Waals surface area contributed by atoms with Crippen molar-refractivity contribution in [2.75, 3.05) is 23.3 Å². The topological polar surface area (TPSA) is 93.7 Å². The summed E-state index contributed by atoms with van der Waals surface area (Å²) in [4.78, 5) is 11.8. The van der Waals surface area contributed by atoms with Gasteiger partial charge in [-0.15, -0.1) is 6.58 Å². The third-order valence-corrected chi connectivity index (χ3v) is 5.20. The van der Waals surface area contributed by atoms with E-state index < -0.39 is 10.0 Å². The number of benzene rings is 2. The van der Waals surface area contributed by atoms with Gasteiger partial charge in [0.2, 0.25) is 5.91 Å². The molecule has 0 fully saturated rings. The minimum Gasteiger partial charge on any atom is -0.486 e. The molecule has 1 aliphatic rings. The fraction of sp³-hybridized carbons (Fsp3) is 0.211. The summed E-state index contributed by atoms with van der Waals surface area (Å²) in [5.74, 6) is 0.804. The van der Waals surface area contributed by atoms with E-state index in [0.717, 1.165) is 0 Å². The molecular weight excluding hydrogens is 368 g/mol. The molecule has 0 saturated carbocycles. The second kappa shape index (κ2) is 8.13. The molecule has 0 unspecified atom stereocenters. The van der Waals surface area contributed by atoms with Crippen molar-refractivity contribution < 1.29 is 22.7 Å². The van der Waals surface area contributed by atoms with E-state index in [2.05, 4.69) is 16.6 Å². The number of allylic oxidation sites excluding steroid dienone is 1. The van der Waals surface area contributed by atoms with Crippen LogP contribution in [0.25, 0.3) is 0 Å². The molecule has 2 N–H and O–H groups in total. The summed E-state index contributed by atoms with van der Waals surface area (Å²) >= 11 is 0. The number of nitrogens with one attached hydrogen (secondary N) is 2. The molecule has 27 heavy (non-hydrogen) atoms. The first-order valence-electron chi connectivity index (χ1n) is 8.41. The summed E-state index contributed by atoms with van der Waals surface area (Å²) in [5, 5.41) is 2.74. The lowest BCUT2D eigenvalue weighted by atomic mass is 10.2. The zero-order valence-corrected chi connectivity index (χ0v) is 15.4. The van der Waals surface area contributed by atoms with Crippen molar-refractivity contribution in [3.8, 4) is 11.5 Å². The molecule has 0 atom stereocenters. The summed E-state index contributed by atoms with van der Waals surface area (Å²) in [6, 6.07) is 10.9. The van der Waals surface area contributed by atoms with Gasteiger partial charge in [-0.05, 0) is 42.8 Å². The number of amides is 1. The predicted octanol–water partition coefficient (Wildman–Crippen LogP) is 3.16. The number of anilines is 2. The quantitative estimate of drug-likeness (QED) is 0.711. The molecule has 1 amide bonds. The van der Waals surface area contributed by atoms with Gasteiger partial charge in [0.15, 0.2) is 11.5 Å². The Morgan fingerprint density at radius 3 is 2.41 bits per heavy atom. The van der Waals surface area contributed by atoms with Gasteiger partial charge in [-0.25, -0.2) is 8.42 Å². The summed E-state index contributed by atoms with van der Waals surface area (Å²) in [6.45, 7) is 4.39. The zero-order valence-electron chi connectivity index (χ0n) is 14.6. The van der Waals surface area contributed by atoms with E-state index in [1.807, 2.05) is 0 Å². The third kappa shape index (κ3) is 4.79. The van der Waals surface area contributed by atoms with Gasteiger partial charge in [0.05, 0.1) is 4.90 Å². The maximum absolute atomic E-state index is 12.6. The van der Waals surface area contributed by atoms with Gasteiger partial charge in [-0.1, -0.05) is 6.08 Å². The molecule has 0 aliphatic carbocycles. The largest absolute Gasteiger partial charge is 0.486 e. The molecule has 2 aromatic carbocycles. The van der Waals surface area contributed by atoms with Crippen LogP contribution < -0.4 is 19.5 Å². The first-order chi connectivity index (χ1) is 13.0. The number of carbonyl (C=O) groups excluding carboxylic acids is 1. The second-order valence-electron chi connectivity index (χ2n) is 5.86. The van der Waals surface area contributed by atoms with E-state index in [9.17, 15) is 13.2 Å². The van der Waals surface area contributed by atoms with E-state index in [-0.39, 0.29) is 10.8 Å².